The van der Waals surface area contributed by atoms with E-state index in [0.29, 0.717) is 42.8 Å². The van der Waals surface area contributed by atoms with Crippen molar-refractivity contribution < 1.29 is 14.0 Å². The third-order valence-corrected chi connectivity index (χ3v) is 4.59. The van der Waals surface area contributed by atoms with E-state index in [1.54, 1.807) is 6.07 Å². The summed E-state index contributed by atoms with van der Waals surface area (Å²) >= 11 is 0. The predicted octanol–water partition coefficient (Wildman–Crippen LogP) is 2.21. The number of aromatic amines is 1. The summed E-state index contributed by atoms with van der Waals surface area (Å²) in [7, 11) is 0. The Morgan fingerprint density at radius 3 is 2.76 bits per heavy atom. The van der Waals surface area contributed by atoms with E-state index in [-0.39, 0.29) is 36.0 Å². The molecule has 3 rings (SSSR count). The average Bonchev–Trinajstić information content (AvgIpc) is 3.01. The first-order valence-corrected chi connectivity index (χ1v) is 8.64. The summed E-state index contributed by atoms with van der Waals surface area (Å²) in [6.07, 6.45) is 1.35. The maximum atomic E-state index is 13.2. The maximum absolute atomic E-state index is 13.2. The average molecular weight is 346 g/mol. The number of fused-ring (bicyclic) bond motifs is 1. The molecule has 0 radical (unpaired) electrons. The normalized spacial score (nSPS) is 15.8. The van der Waals surface area contributed by atoms with Gasteiger partial charge in [0.25, 0.3) is 0 Å². The topological polar surface area (TPSA) is 78.1 Å². The highest BCUT2D eigenvalue weighted by atomic mass is 19.1. The number of nitrogens with zero attached hydrogens (tertiary/aromatic N) is 2. The van der Waals surface area contributed by atoms with Gasteiger partial charge in [0.1, 0.15) is 11.6 Å². The number of rotatable bonds is 4. The fraction of sp³-hybridized carbons (Fsp3) is 0.500. The lowest BCUT2D eigenvalue weighted by atomic mass is 9.95. The number of carbonyl (C=O) groups excluding carboxylic acids is 2. The monoisotopic (exact) mass is 346 g/mol. The molecule has 1 saturated heterocycles. The Labute approximate surface area is 145 Å². The van der Waals surface area contributed by atoms with Crippen LogP contribution in [-0.4, -0.2) is 39.8 Å². The third kappa shape index (κ3) is 3.97. The molecule has 0 spiro atoms. The number of aromatic nitrogens is 2. The molecule has 0 saturated carbocycles. The van der Waals surface area contributed by atoms with Gasteiger partial charge in [0.2, 0.25) is 11.8 Å². The molecule has 0 unspecified atom stereocenters. The Morgan fingerprint density at radius 1 is 1.36 bits per heavy atom. The molecule has 7 heteroatoms. The molecule has 25 heavy (non-hydrogen) atoms. The maximum Gasteiger partial charge on any atom is 0.225 e. The fourth-order valence-electron chi connectivity index (χ4n) is 3.16. The standard InChI is InChI=1S/C18H23FN4O2/c1-11(2)18(25)23-7-5-12(6-8-23)17(24)20-10-16-21-14-4-3-13(19)9-15(14)22-16/h3-4,9,11-12H,5-8,10H2,1-2H3,(H,20,24)(H,21,22). The van der Waals surface area contributed by atoms with Crippen molar-refractivity contribution in [3.8, 4) is 0 Å². The van der Waals surface area contributed by atoms with Crippen LogP contribution in [0.25, 0.3) is 11.0 Å². The number of likely N-dealkylation sites (tertiary alicyclic amines) is 1. The van der Waals surface area contributed by atoms with E-state index in [1.165, 1.54) is 12.1 Å². The number of H-pyrrole nitrogens is 1. The number of hydrogen-bond acceptors (Lipinski definition) is 3. The van der Waals surface area contributed by atoms with E-state index in [4.69, 9.17) is 0 Å². The molecule has 2 amide bonds. The van der Waals surface area contributed by atoms with E-state index >= 15 is 0 Å². The lowest BCUT2D eigenvalue weighted by molar-refractivity contribution is -0.138. The number of piperidine rings is 1. The van der Waals surface area contributed by atoms with Gasteiger partial charge in [-0.2, -0.15) is 0 Å². The Bertz CT molecular complexity index is 778. The Balaban J connectivity index is 1.52. The van der Waals surface area contributed by atoms with Crippen molar-refractivity contribution in [2.75, 3.05) is 13.1 Å². The summed E-state index contributed by atoms with van der Waals surface area (Å²) in [5, 5.41) is 2.88. The third-order valence-electron chi connectivity index (χ3n) is 4.59. The van der Waals surface area contributed by atoms with Crippen LogP contribution in [0.3, 0.4) is 0 Å². The highest BCUT2D eigenvalue weighted by molar-refractivity contribution is 5.81. The zero-order valence-corrected chi connectivity index (χ0v) is 14.5. The Morgan fingerprint density at radius 2 is 2.08 bits per heavy atom. The van der Waals surface area contributed by atoms with Crippen molar-refractivity contribution in [3.05, 3.63) is 29.8 Å². The number of carbonyl (C=O) groups is 2. The van der Waals surface area contributed by atoms with Gasteiger partial charge in [-0.05, 0) is 31.0 Å². The largest absolute Gasteiger partial charge is 0.349 e. The Hall–Kier alpha value is -2.44. The van der Waals surface area contributed by atoms with Gasteiger partial charge in [-0.25, -0.2) is 9.37 Å². The van der Waals surface area contributed by atoms with Gasteiger partial charge in [0, 0.05) is 24.9 Å². The number of amides is 2. The number of benzene rings is 1. The van der Waals surface area contributed by atoms with Crippen LogP contribution in [0.15, 0.2) is 18.2 Å². The first kappa shape index (κ1) is 17.4. The van der Waals surface area contributed by atoms with Crippen LogP contribution < -0.4 is 5.32 Å². The molecule has 6 nitrogen and oxygen atoms in total. The van der Waals surface area contributed by atoms with Gasteiger partial charge in [-0.3, -0.25) is 9.59 Å². The van der Waals surface area contributed by atoms with Crippen LogP contribution in [0.4, 0.5) is 4.39 Å². The van der Waals surface area contributed by atoms with Gasteiger partial charge in [-0.15, -0.1) is 0 Å². The first-order chi connectivity index (χ1) is 11.9. The molecule has 1 aromatic carbocycles. The molecule has 1 fully saturated rings. The molecule has 1 aliphatic rings. The van der Waals surface area contributed by atoms with Gasteiger partial charge in [-0.1, -0.05) is 13.8 Å². The number of nitrogens with one attached hydrogen (secondary N) is 2. The molecule has 0 bridgehead atoms. The van der Waals surface area contributed by atoms with Crippen LogP contribution in [0.1, 0.15) is 32.5 Å². The van der Waals surface area contributed by atoms with Gasteiger partial charge in [0.05, 0.1) is 17.6 Å². The minimum atomic E-state index is -0.325. The van der Waals surface area contributed by atoms with E-state index in [1.807, 2.05) is 18.7 Å². The van der Waals surface area contributed by atoms with Gasteiger partial charge < -0.3 is 15.2 Å². The van der Waals surface area contributed by atoms with Gasteiger partial charge >= 0.3 is 0 Å². The quantitative estimate of drug-likeness (QED) is 0.891. The van der Waals surface area contributed by atoms with Crippen molar-refractivity contribution >= 4 is 22.8 Å². The molecule has 134 valence electrons. The highest BCUT2D eigenvalue weighted by Crippen LogP contribution is 2.19. The van der Waals surface area contributed by atoms with Gasteiger partial charge in [0.15, 0.2) is 0 Å². The lowest BCUT2D eigenvalue weighted by Crippen LogP contribution is -2.44. The molecule has 2 aromatic rings. The summed E-state index contributed by atoms with van der Waals surface area (Å²) in [5.41, 5.74) is 1.29. The smallest absolute Gasteiger partial charge is 0.225 e. The molecular weight excluding hydrogens is 323 g/mol. The van der Waals surface area contributed by atoms with Crippen molar-refractivity contribution in [2.45, 2.75) is 33.2 Å². The second-order valence-electron chi connectivity index (χ2n) is 6.82. The molecule has 2 N–H and O–H groups in total. The highest BCUT2D eigenvalue weighted by Gasteiger charge is 2.28. The Kier molecular flexibility index (Phi) is 5.01. The molecular formula is C18H23FN4O2. The van der Waals surface area contributed by atoms with E-state index in [9.17, 15) is 14.0 Å². The number of imidazole rings is 1. The molecule has 0 atom stereocenters. The second kappa shape index (κ2) is 7.21. The molecule has 1 aliphatic heterocycles. The summed E-state index contributed by atoms with van der Waals surface area (Å²) in [5.74, 6) is 0.300. The summed E-state index contributed by atoms with van der Waals surface area (Å²) in [4.78, 5) is 33.5. The summed E-state index contributed by atoms with van der Waals surface area (Å²) in [6.45, 7) is 5.30. The van der Waals surface area contributed by atoms with Crippen LogP contribution in [0.5, 0.6) is 0 Å². The molecule has 1 aromatic heterocycles. The van der Waals surface area contributed by atoms with E-state index in [0.717, 1.165) is 0 Å². The molecule has 2 heterocycles. The first-order valence-electron chi connectivity index (χ1n) is 8.64. The number of hydrogen-bond donors (Lipinski definition) is 2. The van der Waals surface area contributed by atoms with E-state index in [2.05, 4.69) is 15.3 Å². The van der Waals surface area contributed by atoms with Crippen LogP contribution in [0.2, 0.25) is 0 Å². The summed E-state index contributed by atoms with van der Waals surface area (Å²) < 4.78 is 13.2. The molecule has 0 aliphatic carbocycles. The lowest BCUT2D eigenvalue weighted by Gasteiger charge is -2.32. The second-order valence-corrected chi connectivity index (χ2v) is 6.82. The van der Waals surface area contributed by atoms with Crippen molar-refractivity contribution in [3.63, 3.8) is 0 Å². The zero-order chi connectivity index (χ0) is 18.0. The minimum Gasteiger partial charge on any atom is -0.349 e. The van der Waals surface area contributed by atoms with Crippen LogP contribution >= 0.6 is 0 Å². The van der Waals surface area contributed by atoms with Crippen LogP contribution in [-0.2, 0) is 16.1 Å². The van der Waals surface area contributed by atoms with Crippen LogP contribution in [0, 0.1) is 17.7 Å². The predicted molar refractivity (Wildman–Crippen MR) is 92.0 cm³/mol. The van der Waals surface area contributed by atoms with Crippen molar-refractivity contribution in [1.29, 1.82) is 0 Å². The zero-order valence-electron chi connectivity index (χ0n) is 14.5. The van der Waals surface area contributed by atoms with Crippen molar-refractivity contribution in [1.82, 2.24) is 20.2 Å². The van der Waals surface area contributed by atoms with E-state index < -0.39 is 0 Å². The summed E-state index contributed by atoms with van der Waals surface area (Å²) in [6, 6.07) is 4.35. The number of halogens is 1. The van der Waals surface area contributed by atoms with Crippen molar-refractivity contribution in [2.24, 2.45) is 11.8 Å². The fourth-order valence-corrected chi connectivity index (χ4v) is 3.16. The SMILES string of the molecule is CC(C)C(=O)N1CCC(C(=O)NCc2nc3ccc(F)cc3[nH]2)CC1. The minimum absolute atomic E-state index is 0.0108.